The fourth-order valence-electron chi connectivity index (χ4n) is 7.33. The standard InChI is InChI=1S/C16H18ClN5O3S2.C15H20ClN3O6S2.C14H19BrClN3O4S2/c1-9-5-4-6-12(19-9)20-14(23)11-7-10(17)13(26-11)16(2)8-27(24,25)22(3)15(18)21-16;1-14(2,3)25-13(22)17-12-18-15(4,7-27(23,24)19(12)5)10-8(16)6-9(26-10)11(20)21;1-13(2,3)23-12(20)17-11-18-14(4,7-25(21,22)19(11)5)10-8(16)6-9(15)24-10/h4-7H,8H2,1-3H3,(H2,18,21)(H,19,20,23);6H,7H2,1-5H3,(H,20,21)(H,17,18,22);6H,7H2,1-5H3,(H,17,18,20)/t16-;15-;14-/m000/s1. The Morgan fingerprint density at radius 1 is 0.658 bits per heavy atom. The number of aromatic carboxylic acids is 1. The molecule has 0 radical (unpaired) electrons. The number of carboxylic acid groups (broad SMARTS) is 1. The van der Waals surface area contributed by atoms with E-state index in [0.29, 0.717) is 25.5 Å². The van der Waals surface area contributed by atoms with Crippen molar-refractivity contribution in [3.63, 3.8) is 0 Å². The first-order chi connectivity index (χ1) is 35.9. The highest BCUT2D eigenvalue weighted by atomic mass is 79.9. The number of nitrogens with two attached hydrogens (primary N) is 1. The number of thiophene rings is 3. The lowest BCUT2D eigenvalue weighted by Crippen LogP contribution is -2.53. The van der Waals surface area contributed by atoms with E-state index in [-0.39, 0.29) is 55.1 Å². The molecular weight excluding hydrogens is 1280 g/mol. The highest BCUT2D eigenvalue weighted by molar-refractivity contribution is 9.11. The third-order valence-corrected chi connectivity index (χ3v) is 22.6. The van der Waals surface area contributed by atoms with Gasteiger partial charge in [-0.25, -0.2) is 72.5 Å². The number of carboxylic acids is 1. The first-order valence-corrected chi connectivity index (χ1v) is 32.1. The second-order valence-corrected chi connectivity index (χ2v) is 32.1. The van der Waals surface area contributed by atoms with Gasteiger partial charge >= 0.3 is 18.2 Å². The molecule has 24 nitrogen and oxygen atoms in total. The molecule has 4 aromatic rings. The molecule has 0 aromatic carbocycles. The number of amides is 3. The molecule has 434 valence electrons. The van der Waals surface area contributed by atoms with Crippen molar-refractivity contribution in [1.82, 2.24) is 28.5 Å². The monoisotopic (exact) mass is 1340 g/mol. The molecule has 79 heavy (non-hydrogen) atoms. The predicted molar refractivity (Wildman–Crippen MR) is 312 cm³/mol. The molecule has 0 saturated heterocycles. The van der Waals surface area contributed by atoms with Crippen LogP contribution in [0, 0.1) is 6.92 Å². The zero-order valence-corrected chi connectivity index (χ0v) is 53.4. The molecule has 6 N–H and O–H groups in total. The van der Waals surface area contributed by atoms with Crippen LogP contribution < -0.4 is 21.7 Å². The van der Waals surface area contributed by atoms with Crippen LogP contribution in [-0.4, -0.2) is 140 Å². The van der Waals surface area contributed by atoms with Crippen molar-refractivity contribution in [1.29, 1.82) is 0 Å². The lowest BCUT2D eigenvalue weighted by Gasteiger charge is -2.35. The van der Waals surface area contributed by atoms with E-state index in [1.54, 1.807) is 73.6 Å². The number of aromatic nitrogens is 1. The summed E-state index contributed by atoms with van der Waals surface area (Å²) in [5.41, 5.74) is 1.38. The summed E-state index contributed by atoms with van der Waals surface area (Å²) in [6.45, 7) is 16.8. The number of ether oxygens (including phenoxy) is 2. The topological polar surface area (TPSA) is 331 Å². The van der Waals surface area contributed by atoms with E-state index in [4.69, 9.17) is 55.1 Å². The molecule has 0 bridgehead atoms. The maximum absolute atomic E-state index is 12.6. The molecule has 0 aliphatic carbocycles. The minimum absolute atomic E-state index is 0.0376. The number of alkyl carbamates (subject to hydrolysis) is 2. The number of aryl methyl sites for hydroxylation is 1. The fraction of sp³-hybridized carbons (Fsp3) is 0.467. The van der Waals surface area contributed by atoms with Gasteiger partial charge in [-0.15, -0.1) is 34.0 Å². The smallest absolute Gasteiger partial charge is 0.414 e. The number of anilines is 1. The van der Waals surface area contributed by atoms with Gasteiger partial charge in [-0.3, -0.25) is 15.4 Å². The SMILES string of the molecule is CN1C(NC(=O)OC(C)(C)C)=N[C@](C)(c2sc(Br)cc2Cl)CS1(=O)=O.CN1C(NC(=O)OC(C)(C)C)=N[C@](C)(c2sc(C(=O)O)cc2Cl)CS1(=O)=O.Cc1cccc(NC(=O)c2cc(Cl)c([C@]3(C)CS(=O)(=O)N(C)C(N)=N3)s2)n1. The number of pyridine rings is 1. The van der Waals surface area contributed by atoms with E-state index >= 15 is 0 Å². The lowest BCUT2D eigenvalue weighted by molar-refractivity contribution is 0.0546. The van der Waals surface area contributed by atoms with E-state index in [1.807, 2.05) is 13.0 Å². The Labute approximate surface area is 493 Å². The fourth-order valence-corrected chi connectivity index (χ4v) is 17.2. The quantitative estimate of drug-likeness (QED) is 0.122. The zero-order chi connectivity index (χ0) is 60.0. The molecule has 0 fully saturated rings. The molecule has 7 heterocycles. The number of aliphatic imine (C=N–C) groups is 3. The number of nitrogens with one attached hydrogen (secondary N) is 3. The molecular formula is C45H57BrCl3N11O13S6. The third-order valence-electron chi connectivity index (χ3n) is 10.9. The number of sulfonamides is 3. The molecule has 7 rings (SSSR count). The lowest BCUT2D eigenvalue weighted by atomic mass is 10.0. The minimum Gasteiger partial charge on any atom is -0.477 e. The van der Waals surface area contributed by atoms with Gasteiger partial charge in [0.2, 0.25) is 47.9 Å². The maximum Gasteiger partial charge on any atom is 0.414 e. The second-order valence-electron chi connectivity index (χ2n) is 20.3. The van der Waals surface area contributed by atoms with Gasteiger partial charge in [0.25, 0.3) is 5.91 Å². The van der Waals surface area contributed by atoms with E-state index in [2.05, 4.69) is 51.8 Å². The third kappa shape index (κ3) is 16.0. The van der Waals surface area contributed by atoms with Crippen molar-refractivity contribution in [2.24, 2.45) is 20.7 Å². The number of carbonyl (C=O) groups excluding carboxylic acids is 3. The molecule has 0 spiro atoms. The summed E-state index contributed by atoms with van der Waals surface area (Å²) in [5, 5.41) is 17.4. The predicted octanol–water partition coefficient (Wildman–Crippen LogP) is 8.17. The number of rotatable bonds is 6. The second kappa shape index (κ2) is 23.5. The Morgan fingerprint density at radius 2 is 1.05 bits per heavy atom. The number of carbonyl (C=O) groups is 4. The summed E-state index contributed by atoms with van der Waals surface area (Å²) in [4.78, 5) is 66.8. The van der Waals surface area contributed by atoms with Crippen LogP contribution in [0.3, 0.4) is 0 Å². The van der Waals surface area contributed by atoms with Crippen molar-refractivity contribution in [2.45, 2.75) is 97.1 Å². The first kappa shape index (κ1) is 65.0. The van der Waals surface area contributed by atoms with Gasteiger partial charge in [0.15, 0.2) is 0 Å². The first-order valence-electron chi connectivity index (χ1n) is 22.9. The van der Waals surface area contributed by atoms with Crippen LogP contribution in [0.2, 0.25) is 15.1 Å². The summed E-state index contributed by atoms with van der Waals surface area (Å²) in [6.07, 6.45) is -1.65. The molecule has 3 aliphatic heterocycles. The van der Waals surface area contributed by atoms with Crippen LogP contribution >= 0.6 is 84.7 Å². The average molecular weight is 1340 g/mol. The molecule has 4 aromatic heterocycles. The Kier molecular flexibility index (Phi) is 19.4. The zero-order valence-electron chi connectivity index (χ0n) is 44.6. The van der Waals surface area contributed by atoms with Crippen molar-refractivity contribution in [2.75, 3.05) is 43.7 Å². The Hall–Kier alpha value is -4.86. The molecule has 3 atom stereocenters. The maximum atomic E-state index is 12.6. The Balaban J connectivity index is 0.000000218. The summed E-state index contributed by atoms with van der Waals surface area (Å²) >= 11 is 25.2. The van der Waals surface area contributed by atoms with E-state index in [9.17, 15) is 44.4 Å². The van der Waals surface area contributed by atoms with Gasteiger partial charge in [-0.05, 0) is 115 Å². The molecule has 3 aliphatic rings. The van der Waals surface area contributed by atoms with Crippen LogP contribution in [0.5, 0.6) is 0 Å². The highest BCUT2D eigenvalue weighted by Crippen LogP contribution is 2.45. The highest BCUT2D eigenvalue weighted by Gasteiger charge is 2.46. The van der Waals surface area contributed by atoms with Gasteiger partial charge in [0, 0.05) is 26.8 Å². The van der Waals surface area contributed by atoms with E-state index in [0.717, 1.165) is 45.1 Å². The van der Waals surface area contributed by atoms with Crippen molar-refractivity contribution in [3.05, 3.63) is 85.3 Å². The number of guanidine groups is 3. The normalized spacial score (nSPS) is 22.3. The van der Waals surface area contributed by atoms with Crippen molar-refractivity contribution in [3.8, 4) is 0 Å². The summed E-state index contributed by atoms with van der Waals surface area (Å²) < 4.78 is 88.8. The minimum atomic E-state index is -3.85. The number of halogens is 4. The van der Waals surface area contributed by atoms with E-state index < -0.39 is 81.8 Å². The average Bonchev–Trinajstić information content (AvgIpc) is 3.98. The molecule has 34 heteroatoms. The Bertz CT molecular complexity index is 3520. The van der Waals surface area contributed by atoms with Gasteiger partial charge in [0.05, 0.1) is 55.6 Å². The van der Waals surface area contributed by atoms with Crippen LogP contribution in [0.1, 0.15) is 102 Å². The van der Waals surface area contributed by atoms with Gasteiger partial charge < -0.3 is 25.6 Å². The molecule has 0 saturated carbocycles. The number of hydrogen-bond acceptors (Lipinski definition) is 20. The van der Waals surface area contributed by atoms with Crippen molar-refractivity contribution < 1.29 is 59.0 Å². The number of hydrogen-bond donors (Lipinski definition) is 5. The van der Waals surface area contributed by atoms with Gasteiger partial charge in [0.1, 0.15) is 38.5 Å². The summed E-state index contributed by atoms with van der Waals surface area (Å²) in [5.74, 6) is -2.60. The van der Waals surface area contributed by atoms with E-state index in [1.165, 1.54) is 51.5 Å². The van der Waals surface area contributed by atoms with Crippen LogP contribution in [-0.2, 0) is 56.2 Å². The van der Waals surface area contributed by atoms with Crippen LogP contribution in [0.4, 0.5) is 15.4 Å². The van der Waals surface area contributed by atoms with Crippen molar-refractivity contribution >= 4 is 163 Å². The van der Waals surface area contributed by atoms with Gasteiger partial charge in [-0.1, -0.05) is 40.9 Å². The van der Waals surface area contributed by atoms with Crippen LogP contribution in [0.15, 0.2) is 55.2 Å². The summed E-state index contributed by atoms with van der Waals surface area (Å²) in [6, 6.07) is 9.71. The number of nitrogens with zero attached hydrogens (tertiary/aromatic N) is 7. The Morgan fingerprint density at radius 3 is 1.43 bits per heavy atom. The largest absolute Gasteiger partial charge is 0.477 e. The van der Waals surface area contributed by atoms with Crippen LogP contribution in [0.25, 0.3) is 0 Å². The van der Waals surface area contributed by atoms with Gasteiger partial charge in [-0.2, -0.15) is 0 Å². The molecule has 3 amide bonds. The molecule has 0 unspecified atom stereocenters. The summed E-state index contributed by atoms with van der Waals surface area (Å²) in [7, 11) is -7.25.